The molecule has 168 valence electrons. The Balaban J connectivity index is 1.48. The quantitative estimate of drug-likeness (QED) is 0.632. The molecule has 3 aromatic rings. The van der Waals surface area contributed by atoms with Crippen LogP contribution in [0.3, 0.4) is 0 Å². The number of imidazole rings is 1. The number of alkyl halides is 2. The number of nitrogens with one attached hydrogen (secondary N) is 1. The highest BCUT2D eigenvalue weighted by Crippen LogP contribution is 2.26. The minimum Gasteiger partial charge on any atom is -0.336 e. The highest BCUT2D eigenvalue weighted by molar-refractivity contribution is 5.94. The van der Waals surface area contributed by atoms with Crippen molar-refractivity contribution >= 4 is 17.5 Å². The second-order valence-corrected chi connectivity index (χ2v) is 7.61. The van der Waals surface area contributed by atoms with Crippen molar-refractivity contribution in [2.45, 2.75) is 19.9 Å². The predicted octanol–water partition coefficient (Wildman–Crippen LogP) is 3.43. The van der Waals surface area contributed by atoms with E-state index in [2.05, 4.69) is 25.2 Å². The van der Waals surface area contributed by atoms with Gasteiger partial charge in [-0.1, -0.05) is 0 Å². The lowest BCUT2D eigenvalue weighted by molar-refractivity contribution is 0.0664. The van der Waals surface area contributed by atoms with Gasteiger partial charge in [0.2, 0.25) is 5.95 Å². The number of likely N-dealkylation sites (N-methyl/N-ethyl adjacent to an activating group) is 1. The van der Waals surface area contributed by atoms with Crippen molar-refractivity contribution in [3.05, 3.63) is 54.1 Å². The van der Waals surface area contributed by atoms with Gasteiger partial charge >= 0.3 is 0 Å². The molecule has 2 aromatic heterocycles. The summed E-state index contributed by atoms with van der Waals surface area (Å²) in [6, 6.07) is 8.79. The molecule has 1 fully saturated rings. The van der Waals surface area contributed by atoms with Crippen LogP contribution in [0.25, 0.3) is 11.4 Å². The SMILES string of the molecule is CCn1c(-c2ccnc(Nc3ccc(C(=O)N4CCN(C)CC4)cc3)n2)cnc1C(F)F. The third-order valence-corrected chi connectivity index (χ3v) is 5.49. The molecule has 3 heterocycles. The number of aromatic nitrogens is 4. The molecule has 0 aliphatic carbocycles. The van der Waals surface area contributed by atoms with Crippen molar-refractivity contribution in [3.8, 4) is 11.4 Å². The number of hydrogen-bond acceptors (Lipinski definition) is 6. The first-order valence-electron chi connectivity index (χ1n) is 10.5. The van der Waals surface area contributed by atoms with Crippen LogP contribution in [0.5, 0.6) is 0 Å². The number of anilines is 2. The molecule has 10 heteroatoms. The number of nitrogens with zero attached hydrogens (tertiary/aromatic N) is 6. The van der Waals surface area contributed by atoms with Gasteiger partial charge in [0.1, 0.15) is 0 Å². The number of rotatable bonds is 6. The number of hydrogen-bond donors (Lipinski definition) is 1. The lowest BCUT2D eigenvalue weighted by atomic mass is 10.1. The largest absolute Gasteiger partial charge is 0.336 e. The first-order chi connectivity index (χ1) is 15.5. The first kappa shape index (κ1) is 21.8. The summed E-state index contributed by atoms with van der Waals surface area (Å²) in [6.07, 6.45) is 0.302. The van der Waals surface area contributed by atoms with Crippen LogP contribution in [0, 0.1) is 0 Å². The van der Waals surface area contributed by atoms with E-state index in [1.165, 1.54) is 10.8 Å². The molecular weight excluding hydrogens is 416 g/mol. The van der Waals surface area contributed by atoms with Crippen molar-refractivity contribution in [3.63, 3.8) is 0 Å². The standard InChI is InChI=1S/C22H25F2N7O/c1-3-31-18(14-26-20(31)19(23)24)17-8-9-25-22(28-17)27-16-6-4-15(5-7-16)21(32)30-12-10-29(2)11-13-30/h4-9,14,19H,3,10-13H2,1-2H3,(H,25,27,28). The summed E-state index contributed by atoms with van der Waals surface area (Å²) in [5.74, 6) is 0.0601. The van der Waals surface area contributed by atoms with Crippen molar-refractivity contribution in [1.82, 2.24) is 29.3 Å². The first-order valence-corrected chi connectivity index (χ1v) is 10.5. The predicted molar refractivity (Wildman–Crippen MR) is 117 cm³/mol. The normalized spacial score (nSPS) is 14.7. The molecule has 0 saturated carbocycles. The molecule has 4 rings (SSSR count). The minimum atomic E-state index is -2.66. The van der Waals surface area contributed by atoms with Crippen LogP contribution in [0.2, 0.25) is 0 Å². The number of carbonyl (C=O) groups is 1. The number of amides is 1. The van der Waals surface area contributed by atoms with E-state index in [9.17, 15) is 13.6 Å². The third kappa shape index (κ3) is 4.59. The fourth-order valence-electron chi connectivity index (χ4n) is 3.68. The Labute approximate surface area is 184 Å². The molecule has 8 nitrogen and oxygen atoms in total. The molecular formula is C22H25F2N7O. The van der Waals surface area contributed by atoms with E-state index in [0.717, 1.165) is 26.2 Å². The van der Waals surface area contributed by atoms with Crippen LogP contribution >= 0.6 is 0 Å². The van der Waals surface area contributed by atoms with Crippen molar-refractivity contribution in [1.29, 1.82) is 0 Å². The van der Waals surface area contributed by atoms with E-state index in [1.54, 1.807) is 43.5 Å². The van der Waals surface area contributed by atoms with Crippen LogP contribution in [0.4, 0.5) is 20.4 Å². The van der Waals surface area contributed by atoms with Gasteiger partial charge in [0.05, 0.1) is 17.6 Å². The van der Waals surface area contributed by atoms with Gasteiger partial charge in [-0.25, -0.2) is 23.7 Å². The van der Waals surface area contributed by atoms with Crippen molar-refractivity contribution in [2.24, 2.45) is 0 Å². The van der Waals surface area contributed by atoms with Gasteiger partial charge < -0.3 is 19.7 Å². The Morgan fingerprint density at radius 3 is 2.47 bits per heavy atom. The molecule has 32 heavy (non-hydrogen) atoms. The Kier molecular flexibility index (Phi) is 6.40. The van der Waals surface area contributed by atoms with Crippen molar-refractivity contribution in [2.75, 3.05) is 38.5 Å². The highest BCUT2D eigenvalue weighted by Gasteiger charge is 2.21. The van der Waals surface area contributed by atoms with E-state index >= 15 is 0 Å². The van der Waals surface area contributed by atoms with Crippen LogP contribution in [-0.2, 0) is 6.54 Å². The number of benzene rings is 1. The fraction of sp³-hybridized carbons (Fsp3) is 0.364. The minimum absolute atomic E-state index is 0.0190. The smallest absolute Gasteiger partial charge is 0.295 e. The Morgan fingerprint density at radius 2 is 1.81 bits per heavy atom. The second kappa shape index (κ2) is 9.39. The fourth-order valence-corrected chi connectivity index (χ4v) is 3.68. The summed E-state index contributed by atoms with van der Waals surface area (Å²) in [4.78, 5) is 29.3. The molecule has 1 N–H and O–H groups in total. The summed E-state index contributed by atoms with van der Waals surface area (Å²) in [6.45, 7) is 5.31. The van der Waals surface area contributed by atoms with Gasteiger partial charge in [-0.15, -0.1) is 0 Å². The maximum absolute atomic E-state index is 13.2. The van der Waals surface area contributed by atoms with Crippen LogP contribution in [0.15, 0.2) is 42.7 Å². The molecule has 0 spiro atoms. The third-order valence-electron chi connectivity index (χ3n) is 5.49. The maximum atomic E-state index is 13.2. The van der Waals surface area contributed by atoms with Gasteiger partial charge in [-0.2, -0.15) is 0 Å². The lowest BCUT2D eigenvalue weighted by Gasteiger charge is -2.32. The number of piperazine rings is 1. The molecule has 0 bridgehead atoms. The topological polar surface area (TPSA) is 79.2 Å². The van der Waals surface area contributed by atoms with Gasteiger partial charge in [-0.3, -0.25) is 4.79 Å². The molecule has 0 atom stereocenters. The Bertz CT molecular complexity index is 1080. The molecule has 0 unspecified atom stereocenters. The van der Waals surface area contributed by atoms with Crippen LogP contribution < -0.4 is 5.32 Å². The van der Waals surface area contributed by atoms with Gasteiger partial charge in [0.15, 0.2) is 5.82 Å². The zero-order chi connectivity index (χ0) is 22.7. The summed E-state index contributed by atoms with van der Waals surface area (Å²) < 4.78 is 27.8. The average Bonchev–Trinajstić information content (AvgIpc) is 3.24. The van der Waals surface area contributed by atoms with E-state index in [1.807, 2.05) is 11.9 Å². The number of carbonyl (C=O) groups excluding carboxylic acids is 1. The average molecular weight is 441 g/mol. The lowest BCUT2D eigenvalue weighted by Crippen LogP contribution is -2.47. The zero-order valence-corrected chi connectivity index (χ0v) is 18.0. The maximum Gasteiger partial charge on any atom is 0.295 e. The summed E-state index contributed by atoms with van der Waals surface area (Å²) in [7, 11) is 2.05. The zero-order valence-electron chi connectivity index (χ0n) is 18.0. The van der Waals surface area contributed by atoms with Crippen LogP contribution in [-0.4, -0.2) is 68.5 Å². The van der Waals surface area contributed by atoms with Gasteiger partial charge in [-0.05, 0) is 44.3 Å². The summed E-state index contributed by atoms with van der Waals surface area (Å²) in [5.41, 5.74) is 2.34. The van der Waals surface area contributed by atoms with E-state index in [4.69, 9.17) is 0 Å². The molecule has 1 aliphatic rings. The van der Waals surface area contributed by atoms with Crippen LogP contribution in [0.1, 0.15) is 29.5 Å². The van der Waals surface area contributed by atoms with Crippen molar-refractivity contribution < 1.29 is 13.6 Å². The Morgan fingerprint density at radius 1 is 1.09 bits per heavy atom. The molecule has 1 aliphatic heterocycles. The molecule has 1 amide bonds. The Hall–Kier alpha value is -3.40. The van der Waals surface area contributed by atoms with E-state index in [-0.39, 0.29) is 11.7 Å². The van der Waals surface area contributed by atoms with Gasteiger partial charge in [0.25, 0.3) is 12.3 Å². The number of halogens is 2. The molecule has 0 radical (unpaired) electrons. The van der Waals surface area contributed by atoms with Gasteiger partial charge in [0, 0.05) is 50.2 Å². The molecule has 1 aromatic carbocycles. The van der Waals surface area contributed by atoms with E-state index < -0.39 is 6.43 Å². The highest BCUT2D eigenvalue weighted by atomic mass is 19.3. The second-order valence-electron chi connectivity index (χ2n) is 7.61. The van der Waals surface area contributed by atoms with E-state index in [0.29, 0.717) is 35.1 Å². The summed E-state index contributed by atoms with van der Waals surface area (Å²) in [5, 5.41) is 3.10. The summed E-state index contributed by atoms with van der Waals surface area (Å²) >= 11 is 0. The molecule has 1 saturated heterocycles. The monoisotopic (exact) mass is 441 g/mol.